The Bertz CT molecular complexity index is 324. The van der Waals surface area contributed by atoms with E-state index in [1.807, 2.05) is 6.92 Å². The normalized spacial score (nSPS) is 27.4. The van der Waals surface area contributed by atoms with E-state index in [2.05, 4.69) is 5.32 Å². The molecule has 2 aliphatic rings. The Morgan fingerprint density at radius 1 is 1.39 bits per heavy atom. The van der Waals surface area contributed by atoms with Gasteiger partial charge >= 0.3 is 6.18 Å². The second-order valence-electron chi connectivity index (χ2n) is 5.22. The molecule has 0 radical (unpaired) electrons. The van der Waals surface area contributed by atoms with Crippen LogP contribution in [0.3, 0.4) is 0 Å². The average Bonchev–Trinajstić information content (AvgIpc) is 2.84. The highest BCUT2D eigenvalue weighted by Gasteiger charge is 2.51. The van der Waals surface area contributed by atoms with Gasteiger partial charge in [-0.2, -0.15) is 13.2 Å². The molecule has 1 aliphatic carbocycles. The fraction of sp³-hybridized carbons (Fsp3) is 0.917. The van der Waals surface area contributed by atoms with Gasteiger partial charge in [0.15, 0.2) is 0 Å². The van der Waals surface area contributed by atoms with Crippen LogP contribution in [-0.4, -0.2) is 35.2 Å². The van der Waals surface area contributed by atoms with Gasteiger partial charge in [-0.05, 0) is 19.3 Å². The lowest BCUT2D eigenvalue weighted by atomic mass is 9.98. The Kier molecular flexibility index (Phi) is 3.58. The SMILES string of the molecule is CCC1NC2(CCCC2)C(=O)N1CCC(F)(F)F. The van der Waals surface area contributed by atoms with Crippen molar-refractivity contribution in [3.63, 3.8) is 0 Å². The fourth-order valence-electron chi connectivity index (χ4n) is 3.04. The first-order chi connectivity index (χ1) is 8.38. The second kappa shape index (κ2) is 4.72. The zero-order valence-corrected chi connectivity index (χ0v) is 10.5. The predicted octanol–water partition coefficient (Wildman–Crippen LogP) is 2.42. The number of nitrogens with one attached hydrogen (secondary N) is 1. The van der Waals surface area contributed by atoms with Crippen LogP contribution < -0.4 is 5.32 Å². The summed E-state index contributed by atoms with van der Waals surface area (Å²) < 4.78 is 36.8. The molecule has 2 fully saturated rings. The Labute approximate surface area is 105 Å². The molecule has 6 heteroatoms. The topological polar surface area (TPSA) is 32.3 Å². The van der Waals surface area contributed by atoms with Crippen molar-refractivity contribution in [1.82, 2.24) is 10.2 Å². The lowest BCUT2D eigenvalue weighted by Crippen LogP contribution is -2.44. The summed E-state index contributed by atoms with van der Waals surface area (Å²) in [4.78, 5) is 13.7. The Hall–Kier alpha value is -0.780. The molecule has 0 bridgehead atoms. The van der Waals surface area contributed by atoms with Gasteiger partial charge in [0, 0.05) is 6.54 Å². The van der Waals surface area contributed by atoms with Crippen LogP contribution >= 0.6 is 0 Å². The molecule has 1 amide bonds. The third-order valence-corrected chi connectivity index (χ3v) is 3.97. The molecule has 1 aliphatic heterocycles. The third-order valence-electron chi connectivity index (χ3n) is 3.97. The number of rotatable bonds is 3. The van der Waals surface area contributed by atoms with E-state index in [1.54, 1.807) is 0 Å². The van der Waals surface area contributed by atoms with E-state index in [0.717, 1.165) is 25.7 Å². The maximum Gasteiger partial charge on any atom is 0.390 e. The van der Waals surface area contributed by atoms with E-state index in [-0.39, 0.29) is 18.6 Å². The summed E-state index contributed by atoms with van der Waals surface area (Å²) in [6, 6.07) is 0. The van der Waals surface area contributed by atoms with Crippen molar-refractivity contribution in [3.05, 3.63) is 0 Å². The van der Waals surface area contributed by atoms with Crippen LogP contribution in [0.1, 0.15) is 45.4 Å². The van der Waals surface area contributed by atoms with Crippen LogP contribution in [0, 0.1) is 0 Å². The first-order valence-electron chi connectivity index (χ1n) is 6.53. The van der Waals surface area contributed by atoms with Crippen molar-refractivity contribution < 1.29 is 18.0 Å². The number of hydrogen-bond donors (Lipinski definition) is 1. The molecule has 0 aromatic heterocycles. The van der Waals surface area contributed by atoms with E-state index in [0.29, 0.717) is 6.42 Å². The van der Waals surface area contributed by atoms with E-state index in [9.17, 15) is 18.0 Å². The number of nitrogens with zero attached hydrogens (tertiary/aromatic N) is 1. The summed E-state index contributed by atoms with van der Waals surface area (Å²) in [5.41, 5.74) is -0.563. The molecule has 1 atom stereocenters. The third kappa shape index (κ3) is 2.48. The first-order valence-corrected chi connectivity index (χ1v) is 6.53. The van der Waals surface area contributed by atoms with Crippen LogP contribution in [0.5, 0.6) is 0 Å². The van der Waals surface area contributed by atoms with Crippen LogP contribution in [0.15, 0.2) is 0 Å². The predicted molar refractivity (Wildman–Crippen MR) is 60.8 cm³/mol. The molecule has 1 N–H and O–H groups in total. The van der Waals surface area contributed by atoms with E-state index >= 15 is 0 Å². The molecular weight excluding hydrogens is 245 g/mol. The van der Waals surface area contributed by atoms with Crippen molar-refractivity contribution >= 4 is 5.91 Å². The molecule has 1 saturated carbocycles. The minimum absolute atomic E-state index is 0.129. The summed E-state index contributed by atoms with van der Waals surface area (Å²) in [6.45, 7) is 1.66. The van der Waals surface area contributed by atoms with Gasteiger partial charge in [0.25, 0.3) is 0 Å². The molecule has 104 valence electrons. The van der Waals surface area contributed by atoms with Gasteiger partial charge in [0.05, 0.1) is 18.1 Å². The molecule has 0 aromatic rings. The Balaban J connectivity index is 2.06. The van der Waals surface area contributed by atoms with E-state index in [4.69, 9.17) is 0 Å². The minimum atomic E-state index is -4.20. The standard InChI is InChI=1S/C12H19F3N2O/c1-2-9-16-11(5-3-4-6-11)10(18)17(9)8-7-12(13,14)15/h9,16H,2-8H2,1H3. The molecule has 18 heavy (non-hydrogen) atoms. The number of halogens is 3. The summed E-state index contributed by atoms with van der Waals surface area (Å²) in [7, 11) is 0. The second-order valence-corrected chi connectivity index (χ2v) is 5.22. The van der Waals surface area contributed by atoms with Gasteiger partial charge < -0.3 is 4.90 Å². The van der Waals surface area contributed by atoms with Crippen LogP contribution in [0.25, 0.3) is 0 Å². The summed E-state index contributed by atoms with van der Waals surface area (Å²) in [5.74, 6) is -0.129. The summed E-state index contributed by atoms with van der Waals surface area (Å²) in [6.07, 6.45) is -1.26. The van der Waals surface area contributed by atoms with Gasteiger partial charge in [-0.3, -0.25) is 10.1 Å². The van der Waals surface area contributed by atoms with Crippen molar-refractivity contribution in [2.75, 3.05) is 6.54 Å². The van der Waals surface area contributed by atoms with Crippen LogP contribution in [0.2, 0.25) is 0 Å². The zero-order chi connectivity index (χ0) is 13.4. The van der Waals surface area contributed by atoms with Crippen molar-refractivity contribution in [2.24, 2.45) is 0 Å². The van der Waals surface area contributed by atoms with Gasteiger partial charge in [0.2, 0.25) is 5.91 Å². The fourth-order valence-corrected chi connectivity index (χ4v) is 3.04. The maximum absolute atomic E-state index is 12.3. The number of amides is 1. The highest BCUT2D eigenvalue weighted by atomic mass is 19.4. The van der Waals surface area contributed by atoms with Crippen molar-refractivity contribution in [1.29, 1.82) is 0 Å². The van der Waals surface area contributed by atoms with Crippen molar-refractivity contribution in [2.45, 2.75) is 63.3 Å². The van der Waals surface area contributed by atoms with Gasteiger partial charge in [-0.15, -0.1) is 0 Å². The van der Waals surface area contributed by atoms with Gasteiger partial charge in [-0.25, -0.2) is 0 Å². The molecule has 1 spiro atoms. The van der Waals surface area contributed by atoms with Crippen LogP contribution in [0.4, 0.5) is 13.2 Å². The zero-order valence-electron chi connectivity index (χ0n) is 10.5. The molecule has 3 nitrogen and oxygen atoms in total. The minimum Gasteiger partial charge on any atom is -0.325 e. The largest absolute Gasteiger partial charge is 0.390 e. The monoisotopic (exact) mass is 264 g/mol. The van der Waals surface area contributed by atoms with E-state index < -0.39 is 18.1 Å². The van der Waals surface area contributed by atoms with Crippen LogP contribution in [-0.2, 0) is 4.79 Å². The number of alkyl halides is 3. The number of carbonyl (C=O) groups excluding carboxylic acids is 1. The van der Waals surface area contributed by atoms with Gasteiger partial charge in [-0.1, -0.05) is 19.8 Å². The molecule has 1 heterocycles. The molecule has 1 saturated heterocycles. The molecule has 0 aromatic carbocycles. The Morgan fingerprint density at radius 3 is 2.50 bits per heavy atom. The number of hydrogen-bond acceptors (Lipinski definition) is 2. The highest BCUT2D eigenvalue weighted by Crippen LogP contribution is 2.37. The quantitative estimate of drug-likeness (QED) is 0.849. The number of carbonyl (C=O) groups is 1. The highest BCUT2D eigenvalue weighted by molar-refractivity contribution is 5.89. The molecular formula is C12H19F3N2O. The summed E-state index contributed by atoms with van der Waals surface area (Å²) in [5, 5.41) is 3.26. The molecule has 1 unspecified atom stereocenters. The smallest absolute Gasteiger partial charge is 0.325 e. The van der Waals surface area contributed by atoms with E-state index in [1.165, 1.54) is 4.90 Å². The first kappa shape index (κ1) is 13.6. The molecule has 2 rings (SSSR count). The maximum atomic E-state index is 12.3. The van der Waals surface area contributed by atoms with Gasteiger partial charge in [0.1, 0.15) is 0 Å². The Morgan fingerprint density at radius 2 is 2.00 bits per heavy atom. The summed E-state index contributed by atoms with van der Waals surface area (Å²) >= 11 is 0. The van der Waals surface area contributed by atoms with Crippen molar-refractivity contribution in [3.8, 4) is 0 Å². The lowest BCUT2D eigenvalue weighted by Gasteiger charge is -2.23. The lowest BCUT2D eigenvalue weighted by molar-refractivity contribution is -0.146. The average molecular weight is 264 g/mol.